The molecular weight excluding hydrogens is 935 g/mol. The van der Waals surface area contributed by atoms with Crippen LogP contribution in [0.15, 0.2) is 24.3 Å². The normalized spacial score (nSPS) is 12.6. The van der Waals surface area contributed by atoms with Crippen molar-refractivity contribution in [1.29, 1.82) is 0 Å². The van der Waals surface area contributed by atoms with Gasteiger partial charge in [0.1, 0.15) is 0 Å². The molecule has 6 nitrogen and oxygen atoms in total. The van der Waals surface area contributed by atoms with E-state index < -0.39 is 12.1 Å². The number of carbonyl (C=O) groups excluding carboxylic acids is 2. The molecule has 0 aromatic rings. The molecule has 3 N–H and O–H groups in total. The summed E-state index contributed by atoms with van der Waals surface area (Å²) in [5, 5.41) is 23.0. The minimum Gasteiger partial charge on any atom is -0.466 e. The highest BCUT2D eigenvalue weighted by atomic mass is 16.5. The lowest BCUT2D eigenvalue weighted by Gasteiger charge is -2.20. The topological polar surface area (TPSA) is 95.9 Å². The van der Waals surface area contributed by atoms with Crippen molar-refractivity contribution >= 4 is 11.9 Å². The SMILES string of the molecule is CCCC/C=C\CCCCCCCC(=O)OCCCCCCCCCCCCCCCCCCCCCCCCCCCCCCCCCCCCCCCCCC(=O)NC(CO)C(O)/C=C/CCCCCCCCC. The number of amides is 1. The predicted molar refractivity (Wildman–Crippen MR) is 333 cm³/mol. The first-order chi connectivity index (χ1) is 37.5. The van der Waals surface area contributed by atoms with Crippen LogP contribution in [-0.4, -0.2) is 47.4 Å². The van der Waals surface area contributed by atoms with E-state index >= 15 is 0 Å². The Balaban J connectivity index is 3.26. The monoisotopic (exact) mass is 1070 g/mol. The van der Waals surface area contributed by atoms with Gasteiger partial charge in [0, 0.05) is 12.8 Å². The van der Waals surface area contributed by atoms with Crippen LogP contribution in [0.25, 0.3) is 0 Å². The van der Waals surface area contributed by atoms with Crippen LogP contribution >= 0.6 is 0 Å². The smallest absolute Gasteiger partial charge is 0.305 e. The van der Waals surface area contributed by atoms with Crippen molar-refractivity contribution in [3.8, 4) is 0 Å². The Morgan fingerprint density at radius 1 is 0.355 bits per heavy atom. The fourth-order valence-electron chi connectivity index (χ4n) is 10.9. The summed E-state index contributed by atoms with van der Waals surface area (Å²) in [6.45, 7) is 4.86. The van der Waals surface area contributed by atoms with Gasteiger partial charge in [-0.25, -0.2) is 0 Å². The molecule has 0 aliphatic rings. The maximum absolute atomic E-state index is 12.4. The van der Waals surface area contributed by atoms with Gasteiger partial charge in [0.25, 0.3) is 0 Å². The first-order valence-corrected chi connectivity index (χ1v) is 34.6. The molecule has 0 saturated carbocycles. The molecule has 0 aliphatic heterocycles. The summed E-state index contributed by atoms with van der Waals surface area (Å²) < 4.78 is 5.47. The van der Waals surface area contributed by atoms with E-state index in [4.69, 9.17) is 4.74 Å². The van der Waals surface area contributed by atoms with Crippen molar-refractivity contribution in [2.75, 3.05) is 13.2 Å². The maximum atomic E-state index is 12.4. The summed E-state index contributed by atoms with van der Waals surface area (Å²) in [4.78, 5) is 24.4. The van der Waals surface area contributed by atoms with Crippen LogP contribution in [0.5, 0.6) is 0 Å². The molecule has 0 radical (unpaired) electrons. The number of hydrogen-bond acceptors (Lipinski definition) is 5. The minimum atomic E-state index is -0.837. The van der Waals surface area contributed by atoms with Crippen LogP contribution in [0.4, 0.5) is 0 Å². The predicted octanol–water partition coefficient (Wildman–Crippen LogP) is 22.1. The van der Waals surface area contributed by atoms with Gasteiger partial charge in [-0.15, -0.1) is 0 Å². The Morgan fingerprint density at radius 3 is 0.974 bits per heavy atom. The molecule has 0 rings (SSSR count). The molecule has 0 fully saturated rings. The van der Waals surface area contributed by atoms with Gasteiger partial charge in [0.05, 0.1) is 25.4 Å². The van der Waals surface area contributed by atoms with Crippen molar-refractivity contribution < 1.29 is 24.5 Å². The van der Waals surface area contributed by atoms with Crippen LogP contribution in [-0.2, 0) is 14.3 Å². The number of rotatable bonds is 65. The number of nitrogens with one attached hydrogen (secondary N) is 1. The maximum Gasteiger partial charge on any atom is 0.305 e. The van der Waals surface area contributed by atoms with E-state index in [0.29, 0.717) is 19.4 Å². The number of allylic oxidation sites excluding steroid dienone is 3. The first kappa shape index (κ1) is 74.3. The van der Waals surface area contributed by atoms with Gasteiger partial charge >= 0.3 is 5.97 Å². The summed E-state index contributed by atoms with van der Waals surface area (Å²) in [6.07, 6.45) is 83.0. The average molecular weight is 1070 g/mol. The molecular formula is C70H135NO5. The molecule has 2 atom stereocenters. The van der Waals surface area contributed by atoms with Crippen LogP contribution in [0.1, 0.15) is 386 Å². The Bertz CT molecular complexity index is 1190. The molecule has 1 amide bonds. The fraction of sp³-hybridized carbons (Fsp3) is 0.914. The third-order valence-corrected chi connectivity index (χ3v) is 16.2. The Kier molecular flexibility index (Phi) is 64.4. The summed E-state index contributed by atoms with van der Waals surface area (Å²) in [7, 11) is 0. The van der Waals surface area contributed by atoms with E-state index in [2.05, 4.69) is 31.3 Å². The molecule has 0 saturated heterocycles. The molecule has 0 heterocycles. The van der Waals surface area contributed by atoms with Gasteiger partial charge in [-0.2, -0.15) is 0 Å². The fourth-order valence-corrected chi connectivity index (χ4v) is 10.9. The summed E-state index contributed by atoms with van der Waals surface area (Å²) in [5.41, 5.74) is 0. The van der Waals surface area contributed by atoms with Gasteiger partial charge in [0.15, 0.2) is 0 Å². The van der Waals surface area contributed by atoms with E-state index in [1.807, 2.05) is 6.08 Å². The highest BCUT2D eigenvalue weighted by molar-refractivity contribution is 5.76. The Morgan fingerprint density at radius 2 is 0.632 bits per heavy atom. The second kappa shape index (κ2) is 65.9. The van der Waals surface area contributed by atoms with Crippen LogP contribution in [0.3, 0.4) is 0 Å². The van der Waals surface area contributed by atoms with Gasteiger partial charge in [-0.05, 0) is 51.4 Å². The quantitative estimate of drug-likeness (QED) is 0.0320. The number of carbonyl (C=O) groups is 2. The largest absolute Gasteiger partial charge is 0.466 e. The van der Waals surface area contributed by atoms with E-state index in [1.165, 1.54) is 315 Å². The average Bonchev–Trinajstić information content (AvgIpc) is 3.42. The zero-order valence-corrected chi connectivity index (χ0v) is 51.5. The second-order valence-corrected chi connectivity index (χ2v) is 23.9. The molecule has 76 heavy (non-hydrogen) atoms. The highest BCUT2D eigenvalue weighted by Crippen LogP contribution is 2.19. The van der Waals surface area contributed by atoms with Crippen LogP contribution < -0.4 is 5.32 Å². The molecule has 6 heteroatoms. The second-order valence-electron chi connectivity index (χ2n) is 23.9. The van der Waals surface area contributed by atoms with E-state index in [1.54, 1.807) is 6.08 Å². The number of aliphatic hydroxyl groups excluding tert-OH is 2. The lowest BCUT2D eigenvalue weighted by Crippen LogP contribution is -2.45. The molecule has 0 spiro atoms. The van der Waals surface area contributed by atoms with Crippen molar-refractivity contribution in [3.05, 3.63) is 24.3 Å². The Hall–Kier alpha value is -1.66. The first-order valence-electron chi connectivity index (χ1n) is 34.6. The number of aliphatic hydroxyl groups is 2. The summed E-state index contributed by atoms with van der Waals surface area (Å²) in [5.74, 6) is -0.0502. The van der Waals surface area contributed by atoms with Gasteiger partial charge in [0.2, 0.25) is 5.91 Å². The molecule has 0 bridgehead atoms. The summed E-state index contributed by atoms with van der Waals surface area (Å²) >= 11 is 0. The molecule has 450 valence electrons. The van der Waals surface area contributed by atoms with Crippen molar-refractivity contribution in [3.63, 3.8) is 0 Å². The highest BCUT2D eigenvalue weighted by Gasteiger charge is 2.18. The summed E-state index contributed by atoms with van der Waals surface area (Å²) in [6, 6.07) is -0.620. The van der Waals surface area contributed by atoms with Crippen molar-refractivity contribution in [2.45, 2.75) is 398 Å². The van der Waals surface area contributed by atoms with E-state index in [0.717, 1.165) is 44.9 Å². The van der Waals surface area contributed by atoms with Gasteiger partial charge in [-0.1, -0.05) is 346 Å². The third-order valence-electron chi connectivity index (χ3n) is 16.2. The molecule has 2 unspecified atom stereocenters. The van der Waals surface area contributed by atoms with Crippen LogP contribution in [0.2, 0.25) is 0 Å². The minimum absolute atomic E-state index is 0.0129. The lowest BCUT2D eigenvalue weighted by molar-refractivity contribution is -0.143. The van der Waals surface area contributed by atoms with Gasteiger partial charge < -0.3 is 20.3 Å². The zero-order valence-electron chi connectivity index (χ0n) is 51.5. The van der Waals surface area contributed by atoms with Crippen molar-refractivity contribution in [1.82, 2.24) is 5.32 Å². The zero-order chi connectivity index (χ0) is 55.0. The van der Waals surface area contributed by atoms with E-state index in [9.17, 15) is 19.8 Å². The number of ether oxygens (including phenoxy) is 1. The molecule has 0 aliphatic carbocycles. The number of unbranched alkanes of at least 4 members (excludes halogenated alkanes) is 52. The number of esters is 1. The van der Waals surface area contributed by atoms with Gasteiger partial charge in [-0.3, -0.25) is 9.59 Å². The van der Waals surface area contributed by atoms with Crippen molar-refractivity contribution in [2.24, 2.45) is 0 Å². The molecule has 0 aromatic carbocycles. The third kappa shape index (κ3) is 61.6. The number of hydrogen-bond donors (Lipinski definition) is 3. The lowest BCUT2D eigenvalue weighted by atomic mass is 10.0. The van der Waals surface area contributed by atoms with Crippen LogP contribution in [0, 0.1) is 0 Å². The Labute approximate surface area is 475 Å². The standard InChI is InChI=1S/C70H135NO5/c1-3-5-7-9-11-13-43-48-52-56-60-64-70(75)76-65-61-57-53-49-45-42-40-38-36-34-32-30-28-26-24-22-20-18-16-14-15-17-19-21-23-25-27-29-31-33-35-37-39-41-44-47-51-55-59-63-69(74)71-67(66-72)68(73)62-58-54-50-46-12-10-8-6-4-2/h9,11,58,62,67-68,72-73H,3-8,10,12-57,59-61,63-66H2,1-2H3,(H,71,74)/b11-9-,62-58+. The van der Waals surface area contributed by atoms with E-state index in [-0.39, 0.29) is 18.5 Å². The molecule has 0 aromatic heterocycles.